The van der Waals surface area contributed by atoms with Gasteiger partial charge in [-0.05, 0) is 48.7 Å². The van der Waals surface area contributed by atoms with E-state index >= 15 is 0 Å². The predicted molar refractivity (Wildman–Crippen MR) is 150 cm³/mol. The number of rotatable bonds is 8. The molecule has 0 saturated heterocycles. The number of aromatic amines is 2. The van der Waals surface area contributed by atoms with Crippen molar-refractivity contribution in [3.63, 3.8) is 0 Å². The zero-order valence-corrected chi connectivity index (χ0v) is 21.3. The molecule has 0 bridgehead atoms. The van der Waals surface area contributed by atoms with Crippen molar-refractivity contribution in [2.75, 3.05) is 5.32 Å². The summed E-state index contributed by atoms with van der Waals surface area (Å²) in [7, 11) is 0. The van der Waals surface area contributed by atoms with Crippen LogP contribution >= 0.6 is 0 Å². The molecule has 7 nitrogen and oxygen atoms in total. The van der Waals surface area contributed by atoms with Crippen LogP contribution in [0.25, 0.3) is 55.8 Å². The highest BCUT2D eigenvalue weighted by atomic mass is 19.1. The van der Waals surface area contributed by atoms with Gasteiger partial charge in [0.2, 0.25) is 0 Å². The predicted octanol–water partition coefficient (Wildman–Crippen LogP) is 7.36. The minimum absolute atomic E-state index is 0.281. The van der Waals surface area contributed by atoms with E-state index in [9.17, 15) is 4.39 Å². The molecule has 0 aliphatic heterocycles. The summed E-state index contributed by atoms with van der Waals surface area (Å²) < 4.78 is 13.9. The third kappa shape index (κ3) is 4.49. The summed E-state index contributed by atoms with van der Waals surface area (Å²) in [5.41, 5.74) is 7.49. The van der Waals surface area contributed by atoms with Crippen molar-refractivity contribution in [3.8, 4) is 33.8 Å². The molecule has 8 heteroatoms. The molecule has 4 heterocycles. The van der Waals surface area contributed by atoms with Gasteiger partial charge in [0.15, 0.2) is 11.5 Å². The molecule has 0 amide bonds. The maximum absolute atomic E-state index is 13.9. The molecule has 0 spiro atoms. The second-order valence-electron chi connectivity index (χ2n) is 9.49. The van der Waals surface area contributed by atoms with E-state index in [1.165, 1.54) is 12.1 Å². The molecule has 1 atom stereocenters. The lowest BCUT2D eigenvalue weighted by molar-refractivity contribution is 0.622. The maximum Gasteiger partial charge on any atom is 0.159 e. The molecule has 6 aromatic rings. The molecule has 38 heavy (non-hydrogen) atoms. The van der Waals surface area contributed by atoms with Gasteiger partial charge in [0.25, 0.3) is 0 Å². The van der Waals surface area contributed by atoms with Crippen LogP contribution < -0.4 is 5.32 Å². The average Bonchev–Trinajstić information content (AvgIpc) is 3.56. The summed E-state index contributed by atoms with van der Waals surface area (Å²) in [6.07, 6.45) is 8.85. The van der Waals surface area contributed by atoms with Crippen LogP contribution in [0.5, 0.6) is 0 Å². The highest BCUT2D eigenvalue weighted by Crippen LogP contribution is 2.33. The van der Waals surface area contributed by atoms with E-state index in [1.807, 2.05) is 42.9 Å². The Bertz CT molecular complexity index is 1740. The van der Waals surface area contributed by atoms with Crippen molar-refractivity contribution in [2.24, 2.45) is 0 Å². The number of H-pyrrole nitrogens is 2. The Morgan fingerprint density at radius 3 is 2.66 bits per heavy atom. The van der Waals surface area contributed by atoms with E-state index in [0.29, 0.717) is 23.2 Å². The zero-order valence-electron chi connectivity index (χ0n) is 21.3. The molecule has 6 rings (SSSR count). The molecular weight excluding hydrogens is 477 g/mol. The smallest absolute Gasteiger partial charge is 0.159 e. The summed E-state index contributed by atoms with van der Waals surface area (Å²) in [6, 6.07) is 17.0. The number of imidazole rings is 1. The molecule has 0 aliphatic rings. The Labute approximate surface area is 219 Å². The molecule has 3 N–H and O–H groups in total. The average molecular weight is 506 g/mol. The summed E-state index contributed by atoms with van der Waals surface area (Å²) in [6.45, 7) is 4.40. The Morgan fingerprint density at radius 2 is 1.82 bits per heavy atom. The lowest BCUT2D eigenvalue weighted by Crippen LogP contribution is -2.17. The van der Waals surface area contributed by atoms with Crippen molar-refractivity contribution in [3.05, 3.63) is 79.0 Å². The number of hydrogen-bond acceptors (Lipinski definition) is 5. The van der Waals surface area contributed by atoms with Crippen LogP contribution in [0.1, 0.15) is 33.1 Å². The Kier molecular flexibility index (Phi) is 6.29. The molecule has 0 fully saturated rings. The number of aromatic nitrogens is 6. The largest absolute Gasteiger partial charge is 0.381 e. The van der Waals surface area contributed by atoms with E-state index in [0.717, 1.165) is 63.6 Å². The SMILES string of the molecule is CCCC(CC)Nc1cncc(-c2cnc3[nH]nc(-c4nc5c(-c6cccc(F)c6)cccc5[nH]4)c3c2)c1. The van der Waals surface area contributed by atoms with E-state index in [1.54, 1.807) is 6.07 Å². The van der Waals surface area contributed by atoms with E-state index in [4.69, 9.17) is 4.98 Å². The van der Waals surface area contributed by atoms with Crippen LogP contribution in [0, 0.1) is 5.82 Å². The first kappa shape index (κ1) is 23.8. The minimum Gasteiger partial charge on any atom is -0.381 e. The fourth-order valence-electron chi connectivity index (χ4n) is 4.91. The standard InChI is InChI=1S/C30H28FN7/c1-3-7-22(4-2)34-23-13-19(15-32-17-23)20-14-25-28(37-38-29(25)33-16-20)30-35-26-11-6-10-24(27(26)36-30)18-8-5-9-21(31)12-18/h5-6,8-17,22,34H,3-4,7H2,1-2H3,(H,35,36)(H,33,37,38). The lowest BCUT2D eigenvalue weighted by Gasteiger charge is -2.17. The molecule has 2 aromatic carbocycles. The van der Waals surface area contributed by atoms with E-state index in [2.05, 4.69) is 56.4 Å². The minimum atomic E-state index is -0.281. The topological polar surface area (TPSA) is 95.2 Å². The second-order valence-corrected chi connectivity index (χ2v) is 9.49. The Hall–Kier alpha value is -4.59. The van der Waals surface area contributed by atoms with Gasteiger partial charge in [0.1, 0.15) is 11.5 Å². The van der Waals surface area contributed by atoms with Crippen molar-refractivity contribution >= 4 is 27.8 Å². The van der Waals surface area contributed by atoms with Gasteiger partial charge >= 0.3 is 0 Å². The van der Waals surface area contributed by atoms with Gasteiger partial charge < -0.3 is 10.3 Å². The van der Waals surface area contributed by atoms with E-state index < -0.39 is 0 Å². The fraction of sp³-hybridized carbons (Fsp3) is 0.200. The normalized spacial score (nSPS) is 12.3. The summed E-state index contributed by atoms with van der Waals surface area (Å²) >= 11 is 0. The van der Waals surface area contributed by atoms with Gasteiger partial charge in [0, 0.05) is 41.3 Å². The van der Waals surface area contributed by atoms with Gasteiger partial charge in [-0.15, -0.1) is 0 Å². The van der Waals surface area contributed by atoms with Crippen molar-refractivity contribution < 1.29 is 4.39 Å². The van der Waals surface area contributed by atoms with Crippen LogP contribution in [0.4, 0.5) is 10.1 Å². The first-order chi connectivity index (χ1) is 18.6. The molecule has 190 valence electrons. The number of nitrogens with zero attached hydrogens (tertiary/aromatic N) is 4. The van der Waals surface area contributed by atoms with Gasteiger partial charge in [-0.2, -0.15) is 5.10 Å². The van der Waals surface area contributed by atoms with Gasteiger partial charge in [0.05, 0.1) is 22.1 Å². The molecule has 1 unspecified atom stereocenters. The molecule has 0 aliphatic carbocycles. The number of benzene rings is 2. The lowest BCUT2D eigenvalue weighted by atomic mass is 10.0. The van der Waals surface area contributed by atoms with Gasteiger partial charge in [-0.1, -0.05) is 44.5 Å². The Balaban J connectivity index is 1.39. The first-order valence-corrected chi connectivity index (χ1v) is 12.9. The molecular formula is C30H28FN7. The van der Waals surface area contributed by atoms with Gasteiger partial charge in [-0.25, -0.2) is 14.4 Å². The number of para-hydroxylation sites is 1. The number of anilines is 1. The maximum atomic E-state index is 13.9. The van der Waals surface area contributed by atoms with Crippen LogP contribution in [0.2, 0.25) is 0 Å². The third-order valence-corrected chi connectivity index (χ3v) is 6.86. The van der Waals surface area contributed by atoms with Crippen molar-refractivity contribution in [1.82, 2.24) is 30.1 Å². The monoisotopic (exact) mass is 505 g/mol. The molecule has 0 saturated carbocycles. The van der Waals surface area contributed by atoms with Crippen molar-refractivity contribution in [1.29, 1.82) is 0 Å². The second kappa shape index (κ2) is 10.0. The van der Waals surface area contributed by atoms with Crippen LogP contribution in [-0.2, 0) is 0 Å². The summed E-state index contributed by atoms with van der Waals surface area (Å²) in [5, 5.41) is 12.0. The Morgan fingerprint density at radius 1 is 0.947 bits per heavy atom. The van der Waals surface area contributed by atoms with Gasteiger partial charge in [-0.3, -0.25) is 10.1 Å². The number of pyridine rings is 2. The number of fused-ring (bicyclic) bond motifs is 2. The summed E-state index contributed by atoms with van der Waals surface area (Å²) in [4.78, 5) is 17.4. The summed E-state index contributed by atoms with van der Waals surface area (Å²) in [5.74, 6) is 0.337. The zero-order chi connectivity index (χ0) is 26.1. The highest BCUT2D eigenvalue weighted by molar-refractivity contribution is 5.97. The highest BCUT2D eigenvalue weighted by Gasteiger charge is 2.17. The van der Waals surface area contributed by atoms with Crippen molar-refractivity contribution in [2.45, 2.75) is 39.2 Å². The number of halogens is 1. The quantitative estimate of drug-likeness (QED) is 0.201. The molecule has 4 aromatic heterocycles. The molecule has 0 radical (unpaired) electrons. The van der Waals surface area contributed by atoms with Crippen LogP contribution in [0.3, 0.4) is 0 Å². The number of nitrogens with one attached hydrogen (secondary N) is 3. The number of hydrogen-bond donors (Lipinski definition) is 3. The fourth-order valence-corrected chi connectivity index (χ4v) is 4.91. The van der Waals surface area contributed by atoms with E-state index in [-0.39, 0.29) is 5.82 Å². The van der Waals surface area contributed by atoms with Crippen LogP contribution in [-0.4, -0.2) is 36.2 Å². The third-order valence-electron chi connectivity index (χ3n) is 6.86. The van der Waals surface area contributed by atoms with Crippen LogP contribution in [0.15, 0.2) is 73.2 Å². The first-order valence-electron chi connectivity index (χ1n) is 12.9.